The molecule has 1 aliphatic rings. The van der Waals surface area contributed by atoms with E-state index in [0.717, 1.165) is 51.8 Å². The molecule has 2 aromatic rings. The molecular weight excluding hydrogens is 398 g/mol. The van der Waals surface area contributed by atoms with Crippen LogP contribution in [0.2, 0.25) is 0 Å². The Morgan fingerprint density at radius 2 is 2.00 bits per heavy atom. The van der Waals surface area contributed by atoms with Gasteiger partial charge in [0.05, 0.1) is 17.7 Å². The molecule has 0 spiro atoms. The van der Waals surface area contributed by atoms with Crippen LogP contribution in [0.1, 0.15) is 32.1 Å². The van der Waals surface area contributed by atoms with Crippen molar-refractivity contribution in [2.24, 2.45) is 11.0 Å². The molecule has 1 atom stereocenters. The highest BCUT2D eigenvalue weighted by Gasteiger charge is 2.23. The lowest BCUT2D eigenvalue weighted by Gasteiger charge is -2.18. The molecule has 1 amide bonds. The minimum absolute atomic E-state index is 0. The Morgan fingerprint density at radius 3 is 2.64 bits per heavy atom. The summed E-state index contributed by atoms with van der Waals surface area (Å²) in [5.41, 5.74) is 3.52. The Balaban J connectivity index is 0.00000280. The summed E-state index contributed by atoms with van der Waals surface area (Å²) < 4.78 is 12.7. The van der Waals surface area contributed by atoms with E-state index in [1.165, 1.54) is 0 Å². The predicted molar refractivity (Wildman–Crippen MR) is 117 cm³/mol. The van der Waals surface area contributed by atoms with Crippen LogP contribution in [0, 0.1) is 5.92 Å². The number of nitrogens with zero attached hydrogens (tertiary/aromatic N) is 2. The molecule has 8 heteroatoms. The summed E-state index contributed by atoms with van der Waals surface area (Å²) in [7, 11) is 1.66. The van der Waals surface area contributed by atoms with E-state index in [1.54, 1.807) is 18.4 Å². The van der Waals surface area contributed by atoms with Crippen LogP contribution in [-0.4, -0.2) is 49.9 Å². The normalized spacial score (nSPS) is 16.5. The number of carbonyl (C=O) groups is 1. The number of hydrogen-bond donors (Lipinski definition) is 1. The highest BCUT2D eigenvalue weighted by Crippen LogP contribution is 2.37. The average Bonchev–Trinajstić information content (AvgIpc) is 3.06. The molecule has 1 aliphatic heterocycles. The Kier molecular flexibility index (Phi) is 8.10. The van der Waals surface area contributed by atoms with Crippen molar-refractivity contribution in [3.8, 4) is 11.5 Å². The van der Waals surface area contributed by atoms with E-state index in [9.17, 15) is 4.79 Å². The Bertz CT molecular complexity index is 849. The molecule has 0 saturated heterocycles. The number of fused-ring (bicyclic) bond motifs is 1. The van der Waals surface area contributed by atoms with Gasteiger partial charge in [0.15, 0.2) is 11.5 Å². The van der Waals surface area contributed by atoms with Gasteiger partial charge in [-0.2, -0.15) is 5.10 Å². The number of ether oxygens (including phenoxy) is 2. The van der Waals surface area contributed by atoms with Gasteiger partial charge in [-0.15, -0.1) is 23.7 Å². The summed E-state index contributed by atoms with van der Waals surface area (Å²) in [6, 6.07) is 6.16. The molecule has 0 fully saturated rings. The predicted octanol–water partition coefficient (Wildman–Crippen LogP) is 3.91. The second-order valence-electron chi connectivity index (χ2n) is 6.66. The maximum Gasteiger partial charge on any atom is 0.240 e. The molecule has 28 heavy (non-hydrogen) atoms. The van der Waals surface area contributed by atoms with E-state index in [4.69, 9.17) is 9.47 Å². The SMILES string of the molecule is CCN(CC)CCOc1cc2cc(C3=NNC(=O)CC3C)sc2cc1OC.Cl. The molecule has 1 unspecified atom stereocenters. The molecule has 0 aliphatic carbocycles. The number of amides is 1. The van der Waals surface area contributed by atoms with Crippen LogP contribution >= 0.6 is 23.7 Å². The second kappa shape index (κ2) is 10.1. The molecular formula is C20H28ClN3O3S. The number of methoxy groups -OCH3 is 1. The topological polar surface area (TPSA) is 63.2 Å². The first-order chi connectivity index (χ1) is 13.0. The maximum atomic E-state index is 11.5. The number of nitrogens with one attached hydrogen (secondary N) is 1. The molecule has 3 rings (SSSR count). The van der Waals surface area contributed by atoms with Crippen molar-refractivity contribution in [3.05, 3.63) is 23.1 Å². The smallest absolute Gasteiger partial charge is 0.240 e. The maximum absolute atomic E-state index is 11.5. The summed E-state index contributed by atoms with van der Waals surface area (Å²) in [6.07, 6.45) is 0.468. The first kappa shape index (κ1) is 22.5. The van der Waals surface area contributed by atoms with Gasteiger partial charge in [0, 0.05) is 29.6 Å². The highest BCUT2D eigenvalue weighted by molar-refractivity contribution is 7.21. The third-order valence-electron chi connectivity index (χ3n) is 4.87. The van der Waals surface area contributed by atoms with Crippen molar-refractivity contribution in [2.45, 2.75) is 27.2 Å². The molecule has 0 bridgehead atoms. The summed E-state index contributed by atoms with van der Waals surface area (Å²) in [5.74, 6) is 1.58. The van der Waals surface area contributed by atoms with Gasteiger partial charge in [-0.25, -0.2) is 5.43 Å². The van der Waals surface area contributed by atoms with E-state index < -0.39 is 0 Å². The molecule has 1 aromatic carbocycles. The number of halogens is 1. The second-order valence-corrected chi connectivity index (χ2v) is 7.75. The van der Waals surface area contributed by atoms with Gasteiger partial charge in [-0.1, -0.05) is 20.8 Å². The zero-order valence-electron chi connectivity index (χ0n) is 16.8. The van der Waals surface area contributed by atoms with E-state index in [1.807, 2.05) is 19.1 Å². The van der Waals surface area contributed by atoms with Crippen molar-refractivity contribution >= 4 is 45.4 Å². The summed E-state index contributed by atoms with van der Waals surface area (Å²) in [5, 5.41) is 5.37. The van der Waals surface area contributed by atoms with Crippen LogP contribution in [0.25, 0.3) is 10.1 Å². The van der Waals surface area contributed by atoms with Gasteiger partial charge in [0.25, 0.3) is 0 Å². The molecule has 0 saturated carbocycles. The van der Waals surface area contributed by atoms with Crippen molar-refractivity contribution < 1.29 is 14.3 Å². The van der Waals surface area contributed by atoms with Crippen LogP contribution in [-0.2, 0) is 4.79 Å². The third-order valence-corrected chi connectivity index (χ3v) is 5.99. The number of hydrazone groups is 1. The van der Waals surface area contributed by atoms with Crippen LogP contribution in [0.15, 0.2) is 23.3 Å². The first-order valence-electron chi connectivity index (χ1n) is 9.39. The minimum atomic E-state index is -0.0297. The minimum Gasteiger partial charge on any atom is -0.493 e. The fourth-order valence-electron chi connectivity index (χ4n) is 3.22. The Labute approximate surface area is 176 Å². The quantitative estimate of drug-likeness (QED) is 0.696. The summed E-state index contributed by atoms with van der Waals surface area (Å²) in [4.78, 5) is 14.9. The zero-order chi connectivity index (χ0) is 19.4. The van der Waals surface area contributed by atoms with Crippen LogP contribution in [0.5, 0.6) is 11.5 Å². The number of hydrogen-bond acceptors (Lipinski definition) is 6. The molecule has 2 heterocycles. The van der Waals surface area contributed by atoms with Gasteiger partial charge in [-0.05, 0) is 30.6 Å². The fraction of sp³-hybridized carbons (Fsp3) is 0.500. The van der Waals surface area contributed by atoms with E-state index in [2.05, 4.69) is 35.3 Å². The number of carbonyl (C=O) groups excluding carboxylic acids is 1. The Morgan fingerprint density at radius 1 is 1.25 bits per heavy atom. The van der Waals surface area contributed by atoms with Gasteiger partial charge < -0.3 is 14.4 Å². The molecule has 6 nitrogen and oxygen atoms in total. The third kappa shape index (κ3) is 4.96. The van der Waals surface area contributed by atoms with Crippen LogP contribution in [0.3, 0.4) is 0 Å². The summed E-state index contributed by atoms with van der Waals surface area (Å²) >= 11 is 1.66. The lowest BCUT2D eigenvalue weighted by Crippen LogP contribution is -2.31. The van der Waals surface area contributed by atoms with E-state index in [-0.39, 0.29) is 24.2 Å². The Hall–Kier alpha value is -1.83. The van der Waals surface area contributed by atoms with Crippen molar-refractivity contribution in [1.82, 2.24) is 10.3 Å². The molecule has 154 valence electrons. The monoisotopic (exact) mass is 425 g/mol. The lowest BCUT2D eigenvalue weighted by atomic mass is 9.99. The van der Waals surface area contributed by atoms with E-state index in [0.29, 0.717) is 13.0 Å². The number of thiophene rings is 1. The lowest BCUT2D eigenvalue weighted by molar-refractivity contribution is -0.121. The number of rotatable bonds is 8. The average molecular weight is 426 g/mol. The van der Waals surface area contributed by atoms with Gasteiger partial charge in [-0.3, -0.25) is 4.79 Å². The van der Waals surface area contributed by atoms with Crippen molar-refractivity contribution in [3.63, 3.8) is 0 Å². The van der Waals surface area contributed by atoms with E-state index >= 15 is 0 Å². The first-order valence-corrected chi connectivity index (χ1v) is 10.2. The largest absolute Gasteiger partial charge is 0.493 e. The number of benzene rings is 1. The van der Waals surface area contributed by atoms with Crippen molar-refractivity contribution in [2.75, 3.05) is 33.4 Å². The van der Waals surface area contributed by atoms with Gasteiger partial charge >= 0.3 is 0 Å². The number of likely N-dealkylation sites (N-methyl/N-ethyl adjacent to an activating group) is 1. The van der Waals surface area contributed by atoms with Gasteiger partial charge in [0.1, 0.15) is 6.61 Å². The van der Waals surface area contributed by atoms with Crippen LogP contribution in [0.4, 0.5) is 0 Å². The zero-order valence-corrected chi connectivity index (χ0v) is 18.4. The standard InChI is InChI=1S/C20H27N3O3S.ClH/c1-5-23(6-2)7-8-26-16-10-14-11-18(27-17(14)12-15(16)25-4)20-13(3)9-19(24)21-22-20;/h10-13H,5-9H2,1-4H3,(H,21,24);1H. The molecule has 1 N–H and O–H groups in total. The van der Waals surface area contributed by atoms with Crippen molar-refractivity contribution in [1.29, 1.82) is 0 Å². The molecule has 1 aromatic heterocycles. The van der Waals surface area contributed by atoms with Gasteiger partial charge in [0.2, 0.25) is 5.91 Å². The summed E-state index contributed by atoms with van der Waals surface area (Å²) in [6.45, 7) is 9.88. The molecule has 0 radical (unpaired) electrons. The van der Waals surface area contributed by atoms with Crippen LogP contribution < -0.4 is 14.9 Å². The highest BCUT2D eigenvalue weighted by atomic mass is 35.5. The fourth-order valence-corrected chi connectivity index (χ4v) is 4.40.